The lowest BCUT2D eigenvalue weighted by molar-refractivity contribution is 0.0744. The zero-order chi connectivity index (χ0) is 6.69. The highest BCUT2D eigenvalue weighted by Gasteiger charge is 2.25. The van der Waals surface area contributed by atoms with Gasteiger partial charge in [-0.2, -0.15) is 0 Å². The van der Waals surface area contributed by atoms with Crippen molar-refractivity contribution in [1.82, 2.24) is 5.32 Å². The van der Waals surface area contributed by atoms with E-state index in [0.29, 0.717) is 6.04 Å². The molecular weight excluding hydrogens is 118 g/mol. The molecule has 0 aliphatic carbocycles. The van der Waals surface area contributed by atoms with E-state index in [9.17, 15) is 0 Å². The zero-order valence-electron chi connectivity index (χ0n) is 5.89. The predicted octanol–water partition coefficient (Wildman–Crippen LogP) is -0.380. The average molecular weight is 131 g/mol. The summed E-state index contributed by atoms with van der Waals surface area (Å²) in [6.45, 7) is 1.50. The summed E-state index contributed by atoms with van der Waals surface area (Å²) in [4.78, 5) is 0. The van der Waals surface area contributed by atoms with Crippen molar-refractivity contribution in [3.63, 3.8) is 0 Å². The molecule has 1 fully saturated rings. The first-order chi connectivity index (χ1) is 4.38. The molecule has 0 aromatic carbocycles. The smallest absolute Gasteiger partial charge is 0.0979 e. The number of hydrogen-bond acceptors (Lipinski definition) is 3. The van der Waals surface area contributed by atoms with Crippen LogP contribution in [-0.2, 0) is 9.47 Å². The van der Waals surface area contributed by atoms with Gasteiger partial charge in [-0.1, -0.05) is 0 Å². The second-order valence-electron chi connectivity index (χ2n) is 2.21. The summed E-state index contributed by atoms with van der Waals surface area (Å²) in [5.74, 6) is 0. The molecular formula is C6H13NO2. The lowest BCUT2D eigenvalue weighted by Gasteiger charge is -2.13. The molecule has 9 heavy (non-hydrogen) atoms. The molecule has 1 aliphatic heterocycles. The summed E-state index contributed by atoms with van der Waals surface area (Å²) in [6.07, 6.45) is 0.245. The maximum Gasteiger partial charge on any atom is 0.0979 e. The largest absolute Gasteiger partial charge is 0.377 e. The maximum absolute atomic E-state index is 5.16. The van der Waals surface area contributed by atoms with E-state index in [1.807, 2.05) is 7.05 Å². The van der Waals surface area contributed by atoms with Crippen LogP contribution < -0.4 is 5.32 Å². The van der Waals surface area contributed by atoms with Gasteiger partial charge in [-0.05, 0) is 7.05 Å². The van der Waals surface area contributed by atoms with E-state index in [4.69, 9.17) is 9.47 Å². The molecule has 0 spiro atoms. The fourth-order valence-corrected chi connectivity index (χ4v) is 1.04. The topological polar surface area (TPSA) is 30.5 Å². The standard InChI is InChI=1S/C6H13NO2/c1-7-5-3-9-4-6(5)8-2/h5-7H,3-4H2,1-2H3/t5-,6+/m1/s1. The molecule has 54 valence electrons. The minimum atomic E-state index is 0.245. The van der Waals surface area contributed by atoms with Crippen LogP contribution in [0.25, 0.3) is 0 Å². The first-order valence-electron chi connectivity index (χ1n) is 3.16. The Balaban J connectivity index is 2.32. The zero-order valence-corrected chi connectivity index (χ0v) is 5.89. The Morgan fingerprint density at radius 3 is 2.78 bits per heavy atom. The van der Waals surface area contributed by atoms with E-state index in [1.165, 1.54) is 0 Å². The van der Waals surface area contributed by atoms with Gasteiger partial charge in [0.05, 0.1) is 25.4 Å². The van der Waals surface area contributed by atoms with Crippen molar-refractivity contribution in [2.24, 2.45) is 0 Å². The molecule has 0 radical (unpaired) electrons. The summed E-state index contributed by atoms with van der Waals surface area (Å²) in [5, 5.41) is 3.11. The van der Waals surface area contributed by atoms with Gasteiger partial charge < -0.3 is 14.8 Å². The van der Waals surface area contributed by atoms with Crippen LogP contribution in [0.3, 0.4) is 0 Å². The molecule has 0 bridgehead atoms. The fourth-order valence-electron chi connectivity index (χ4n) is 1.04. The van der Waals surface area contributed by atoms with Gasteiger partial charge >= 0.3 is 0 Å². The summed E-state index contributed by atoms with van der Waals surface area (Å²) in [5.41, 5.74) is 0. The Morgan fingerprint density at radius 2 is 2.33 bits per heavy atom. The van der Waals surface area contributed by atoms with Gasteiger partial charge in [-0.25, -0.2) is 0 Å². The Bertz CT molecular complexity index is 77.1. The molecule has 0 amide bonds. The van der Waals surface area contributed by atoms with Gasteiger partial charge in [0, 0.05) is 7.11 Å². The third kappa shape index (κ3) is 1.41. The predicted molar refractivity (Wildman–Crippen MR) is 34.5 cm³/mol. The van der Waals surface area contributed by atoms with Crippen LogP contribution in [-0.4, -0.2) is 39.5 Å². The van der Waals surface area contributed by atoms with Gasteiger partial charge in [-0.3, -0.25) is 0 Å². The lowest BCUT2D eigenvalue weighted by Crippen LogP contribution is -2.37. The monoisotopic (exact) mass is 131 g/mol. The molecule has 1 heterocycles. The minimum Gasteiger partial charge on any atom is -0.377 e. The summed E-state index contributed by atoms with van der Waals surface area (Å²) in [7, 11) is 3.63. The molecule has 1 N–H and O–H groups in total. The van der Waals surface area contributed by atoms with Gasteiger partial charge in [-0.15, -0.1) is 0 Å². The highest BCUT2D eigenvalue weighted by molar-refractivity contribution is 4.80. The van der Waals surface area contributed by atoms with Crippen molar-refractivity contribution < 1.29 is 9.47 Å². The van der Waals surface area contributed by atoms with Crippen LogP contribution in [0.4, 0.5) is 0 Å². The van der Waals surface area contributed by atoms with E-state index in [-0.39, 0.29) is 6.10 Å². The molecule has 1 rings (SSSR count). The quantitative estimate of drug-likeness (QED) is 0.554. The Kier molecular flexibility index (Phi) is 2.45. The van der Waals surface area contributed by atoms with E-state index in [0.717, 1.165) is 13.2 Å². The van der Waals surface area contributed by atoms with Crippen LogP contribution in [0.15, 0.2) is 0 Å². The maximum atomic E-state index is 5.16. The third-order valence-electron chi connectivity index (χ3n) is 1.70. The molecule has 0 unspecified atom stereocenters. The molecule has 1 saturated heterocycles. The number of ether oxygens (including phenoxy) is 2. The fraction of sp³-hybridized carbons (Fsp3) is 1.00. The number of methoxy groups -OCH3 is 1. The normalized spacial score (nSPS) is 35.3. The third-order valence-corrected chi connectivity index (χ3v) is 1.70. The Morgan fingerprint density at radius 1 is 1.56 bits per heavy atom. The highest BCUT2D eigenvalue weighted by Crippen LogP contribution is 2.07. The SMILES string of the molecule is CN[C@@H]1COC[C@@H]1OC. The minimum absolute atomic E-state index is 0.245. The highest BCUT2D eigenvalue weighted by atomic mass is 16.5. The van der Waals surface area contributed by atoms with Crippen LogP contribution in [0, 0.1) is 0 Å². The summed E-state index contributed by atoms with van der Waals surface area (Å²) in [6, 6.07) is 0.384. The van der Waals surface area contributed by atoms with Crippen molar-refractivity contribution in [3.05, 3.63) is 0 Å². The van der Waals surface area contributed by atoms with Crippen LogP contribution in [0.2, 0.25) is 0 Å². The molecule has 3 heteroatoms. The van der Waals surface area contributed by atoms with E-state index >= 15 is 0 Å². The van der Waals surface area contributed by atoms with Crippen LogP contribution in [0.1, 0.15) is 0 Å². The van der Waals surface area contributed by atoms with Crippen molar-refractivity contribution in [2.45, 2.75) is 12.1 Å². The second-order valence-corrected chi connectivity index (χ2v) is 2.21. The van der Waals surface area contributed by atoms with Gasteiger partial charge in [0.2, 0.25) is 0 Å². The van der Waals surface area contributed by atoms with Crippen molar-refractivity contribution in [3.8, 4) is 0 Å². The second kappa shape index (κ2) is 3.15. The molecule has 0 aromatic heterocycles. The van der Waals surface area contributed by atoms with Crippen molar-refractivity contribution in [1.29, 1.82) is 0 Å². The van der Waals surface area contributed by atoms with E-state index in [1.54, 1.807) is 7.11 Å². The Labute approximate surface area is 55.3 Å². The van der Waals surface area contributed by atoms with Crippen molar-refractivity contribution in [2.75, 3.05) is 27.4 Å². The van der Waals surface area contributed by atoms with Crippen LogP contribution >= 0.6 is 0 Å². The van der Waals surface area contributed by atoms with E-state index < -0.39 is 0 Å². The molecule has 0 aromatic rings. The molecule has 2 atom stereocenters. The van der Waals surface area contributed by atoms with Crippen LogP contribution in [0.5, 0.6) is 0 Å². The molecule has 0 saturated carbocycles. The first-order valence-corrected chi connectivity index (χ1v) is 3.16. The number of rotatable bonds is 2. The number of hydrogen-bond donors (Lipinski definition) is 1. The van der Waals surface area contributed by atoms with Gasteiger partial charge in [0.1, 0.15) is 0 Å². The number of nitrogens with one attached hydrogen (secondary N) is 1. The lowest BCUT2D eigenvalue weighted by atomic mass is 10.2. The van der Waals surface area contributed by atoms with Gasteiger partial charge in [0.15, 0.2) is 0 Å². The Hall–Kier alpha value is -0.120. The van der Waals surface area contributed by atoms with E-state index in [2.05, 4.69) is 5.32 Å². The number of likely N-dealkylation sites (N-methyl/N-ethyl adjacent to an activating group) is 1. The molecule has 1 aliphatic rings. The van der Waals surface area contributed by atoms with Gasteiger partial charge in [0.25, 0.3) is 0 Å². The average Bonchev–Trinajstić information content (AvgIpc) is 2.33. The summed E-state index contributed by atoms with van der Waals surface area (Å²) < 4.78 is 10.3. The summed E-state index contributed by atoms with van der Waals surface area (Å²) >= 11 is 0. The van der Waals surface area contributed by atoms with Crippen molar-refractivity contribution >= 4 is 0 Å². The molecule has 3 nitrogen and oxygen atoms in total. The first kappa shape index (κ1) is 6.99.